The summed E-state index contributed by atoms with van der Waals surface area (Å²) < 4.78 is 25.4. The number of rotatable bonds is 8. The molecular weight excluding hydrogens is 326 g/mol. The van der Waals surface area contributed by atoms with Gasteiger partial charge in [0.2, 0.25) is 10.0 Å². The molecule has 0 aliphatic carbocycles. The molecule has 6 nitrogen and oxygen atoms in total. The van der Waals surface area contributed by atoms with Crippen LogP contribution in [0.1, 0.15) is 29.4 Å². The summed E-state index contributed by atoms with van der Waals surface area (Å²) in [7, 11) is -3.31. The van der Waals surface area contributed by atoms with Gasteiger partial charge < -0.3 is 5.32 Å². The first-order valence-electron chi connectivity index (χ1n) is 7.79. The van der Waals surface area contributed by atoms with Crippen molar-refractivity contribution in [1.29, 1.82) is 0 Å². The highest BCUT2D eigenvalue weighted by Crippen LogP contribution is 2.11. The monoisotopic (exact) mass is 347 g/mol. The number of sulfonamides is 1. The summed E-state index contributed by atoms with van der Waals surface area (Å²) in [6.07, 6.45) is 3.36. The molecule has 0 aliphatic heterocycles. The lowest BCUT2D eigenvalue weighted by Crippen LogP contribution is -2.24. The molecule has 1 aromatic carbocycles. The van der Waals surface area contributed by atoms with Crippen LogP contribution in [0.2, 0.25) is 0 Å². The number of nitrogens with zero attached hydrogens (tertiary/aromatic N) is 1. The number of carbonyl (C=O) groups excluding carboxylic acids is 1. The molecule has 7 heteroatoms. The normalized spacial score (nSPS) is 11.0. The lowest BCUT2D eigenvalue weighted by Gasteiger charge is -2.08. The van der Waals surface area contributed by atoms with Crippen molar-refractivity contribution in [2.24, 2.45) is 0 Å². The van der Waals surface area contributed by atoms with Gasteiger partial charge in [0.1, 0.15) is 0 Å². The summed E-state index contributed by atoms with van der Waals surface area (Å²) in [5.74, 6) is -0.174. The summed E-state index contributed by atoms with van der Waals surface area (Å²) in [5, 5.41) is 2.84. The highest BCUT2D eigenvalue weighted by molar-refractivity contribution is 7.92. The fraction of sp³-hybridized carbons (Fsp3) is 0.294. The Morgan fingerprint density at radius 2 is 1.88 bits per heavy atom. The van der Waals surface area contributed by atoms with Gasteiger partial charge in [0.25, 0.3) is 5.91 Å². The number of hydrogen-bond acceptors (Lipinski definition) is 4. The van der Waals surface area contributed by atoms with Crippen molar-refractivity contribution in [3.8, 4) is 0 Å². The molecular formula is C17H21N3O3S. The molecule has 0 aliphatic rings. The summed E-state index contributed by atoms with van der Waals surface area (Å²) in [6, 6.07) is 12.1. The molecule has 1 heterocycles. The van der Waals surface area contributed by atoms with Gasteiger partial charge in [0.15, 0.2) is 0 Å². The van der Waals surface area contributed by atoms with Crippen molar-refractivity contribution >= 4 is 21.6 Å². The summed E-state index contributed by atoms with van der Waals surface area (Å²) in [5.41, 5.74) is 1.94. The van der Waals surface area contributed by atoms with Gasteiger partial charge in [-0.3, -0.25) is 14.5 Å². The Labute approximate surface area is 142 Å². The van der Waals surface area contributed by atoms with E-state index in [1.807, 2.05) is 18.2 Å². The molecule has 0 fully saturated rings. The van der Waals surface area contributed by atoms with Gasteiger partial charge >= 0.3 is 0 Å². The minimum absolute atomic E-state index is 0.00547. The maximum atomic E-state index is 12.0. The number of anilines is 1. The summed E-state index contributed by atoms with van der Waals surface area (Å²) in [4.78, 5) is 16.3. The van der Waals surface area contributed by atoms with Crippen molar-refractivity contribution in [3.05, 3.63) is 59.9 Å². The Kier molecular flexibility index (Phi) is 6.31. The predicted molar refractivity (Wildman–Crippen MR) is 94.4 cm³/mol. The molecule has 1 aromatic heterocycles. The molecule has 24 heavy (non-hydrogen) atoms. The average Bonchev–Trinajstić information content (AvgIpc) is 2.60. The maximum absolute atomic E-state index is 12.0. The number of nitrogens with one attached hydrogen (secondary N) is 2. The van der Waals surface area contributed by atoms with Crippen LogP contribution in [0.15, 0.2) is 48.7 Å². The number of aromatic nitrogens is 1. The van der Waals surface area contributed by atoms with Crippen LogP contribution in [-0.2, 0) is 16.4 Å². The largest absolute Gasteiger partial charge is 0.352 e. The molecule has 0 saturated carbocycles. The average molecular weight is 347 g/mol. The smallest absolute Gasteiger partial charge is 0.251 e. The van der Waals surface area contributed by atoms with Crippen LogP contribution in [0.5, 0.6) is 0 Å². The van der Waals surface area contributed by atoms with Gasteiger partial charge in [-0.2, -0.15) is 0 Å². The van der Waals surface area contributed by atoms with E-state index in [1.54, 1.807) is 37.4 Å². The SMILES string of the molecule is CCS(=O)(=O)Nc1ccc(C(=O)NCCCc2ccccn2)cc1. The molecule has 2 rings (SSSR count). The molecule has 0 bridgehead atoms. The number of carbonyl (C=O) groups is 1. The Hall–Kier alpha value is -2.41. The van der Waals surface area contributed by atoms with Gasteiger partial charge in [0, 0.05) is 29.7 Å². The zero-order chi connectivity index (χ0) is 17.4. The van der Waals surface area contributed by atoms with Crippen molar-refractivity contribution < 1.29 is 13.2 Å². The van der Waals surface area contributed by atoms with Crippen molar-refractivity contribution in [1.82, 2.24) is 10.3 Å². The van der Waals surface area contributed by atoms with Crippen LogP contribution in [-0.4, -0.2) is 31.6 Å². The third-order valence-electron chi connectivity index (χ3n) is 3.42. The minimum atomic E-state index is -3.31. The van der Waals surface area contributed by atoms with Gasteiger partial charge in [-0.15, -0.1) is 0 Å². The van der Waals surface area contributed by atoms with Crippen LogP contribution >= 0.6 is 0 Å². The molecule has 0 atom stereocenters. The first-order chi connectivity index (χ1) is 11.5. The number of pyridine rings is 1. The van der Waals surface area contributed by atoms with Crippen LogP contribution in [0, 0.1) is 0 Å². The molecule has 0 saturated heterocycles. The van der Waals surface area contributed by atoms with E-state index in [1.165, 1.54) is 0 Å². The molecule has 2 N–H and O–H groups in total. The van der Waals surface area contributed by atoms with Crippen molar-refractivity contribution in [2.45, 2.75) is 19.8 Å². The van der Waals surface area contributed by atoms with E-state index in [-0.39, 0.29) is 11.7 Å². The van der Waals surface area contributed by atoms with E-state index in [4.69, 9.17) is 0 Å². The second-order valence-electron chi connectivity index (χ2n) is 5.26. The molecule has 0 spiro atoms. The molecule has 1 amide bonds. The highest BCUT2D eigenvalue weighted by atomic mass is 32.2. The Bertz CT molecular complexity index is 759. The van der Waals surface area contributed by atoms with Crippen LogP contribution < -0.4 is 10.0 Å². The molecule has 2 aromatic rings. The number of aryl methyl sites for hydroxylation is 1. The van der Waals surface area contributed by atoms with E-state index in [9.17, 15) is 13.2 Å². The van der Waals surface area contributed by atoms with E-state index in [2.05, 4.69) is 15.0 Å². The third-order valence-corrected chi connectivity index (χ3v) is 4.73. The Morgan fingerprint density at radius 1 is 1.12 bits per heavy atom. The fourth-order valence-corrected chi connectivity index (χ4v) is 2.70. The standard InChI is InChI=1S/C17H21N3O3S/c1-2-24(22,23)20-16-10-8-14(9-11-16)17(21)19-13-5-7-15-6-3-4-12-18-15/h3-4,6,8-12,20H,2,5,7,13H2,1H3,(H,19,21). The third kappa shape index (κ3) is 5.66. The predicted octanol–water partition coefficient (Wildman–Crippen LogP) is 2.21. The molecule has 0 radical (unpaired) electrons. The van der Waals surface area contributed by atoms with Crippen LogP contribution in [0.3, 0.4) is 0 Å². The first-order valence-corrected chi connectivity index (χ1v) is 9.44. The Morgan fingerprint density at radius 3 is 2.50 bits per heavy atom. The second-order valence-corrected chi connectivity index (χ2v) is 7.27. The highest BCUT2D eigenvalue weighted by Gasteiger charge is 2.08. The summed E-state index contributed by atoms with van der Waals surface area (Å²) in [6.45, 7) is 2.12. The topological polar surface area (TPSA) is 88.2 Å². The van der Waals surface area contributed by atoms with E-state index < -0.39 is 10.0 Å². The molecule has 0 unspecified atom stereocenters. The van der Waals surface area contributed by atoms with E-state index >= 15 is 0 Å². The quantitative estimate of drug-likeness (QED) is 0.717. The van der Waals surface area contributed by atoms with E-state index in [0.717, 1.165) is 18.5 Å². The van der Waals surface area contributed by atoms with Crippen molar-refractivity contribution in [2.75, 3.05) is 17.0 Å². The minimum Gasteiger partial charge on any atom is -0.352 e. The zero-order valence-corrected chi connectivity index (χ0v) is 14.3. The summed E-state index contributed by atoms with van der Waals surface area (Å²) >= 11 is 0. The number of benzene rings is 1. The van der Waals surface area contributed by atoms with Crippen LogP contribution in [0.4, 0.5) is 5.69 Å². The fourth-order valence-electron chi connectivity index (χ4n) is 2.06. The molecule has 128 valence electrons. The van der Waals surface area contributed by atoms with E-state index in [0.29, 0.717) is 17.8 Å². The van der Waals surface area contributed by atoms with Gasteiger partial charge in [-0.25, -0.2) is 8.42 Å². The maximum Gasteiger partial charge on any atom is 0.251 e. The van der Waals surface area contributed by atoms with Gasteiger partial charge in [0.05, 0.1) is 5.75 Å². The first kappa shape index (κ1) is 17.9. The van der Waals surface area contributed by atoms with Gasteiger partial charge in [-0.1, -0.05) is 6.07 Å². The number of hydrogen-bond donors (Lipinski definition) is 2. The number of amides is 1. The zero-order valence-electron chi connectivity index (χ0n) is 13.5. The van der Waals surface area contributed by atoms with Crippen molar-refractivity contribution in [3.63, 3.8) is 0 Å². The second kappa shape index (κ2) is 8.44. The lowest BCUT2D eigenvalue weighted by atomic mass is 10.2. The van der Waals surface area contributed by atoms with Gasteiger partial charge in [-0.05, 0) is 56.2 Å². The lowest BCUT2D eigenvalue weighted by molar-refractivity contribution is 0.0953. The van der Waals surface area contributed by atoms with Crippen LogP contribution in [0.25, 0.3) is 0 Å². The Balaban J connectivity index is 1.80.